The Morgan fingerprint density at radius 1 is 1.21 bits per heavy atom. The summed E-state index contributed by atoms with van der Waals surface area (Å²) in [5, 5.41) is 3.78. The lowest BCUT2D eigenvalue weighted by Crippen LogP contribution is -2.31. The Hall–Kier alpha value is -3.00. The number of aromatic nitrogens is 3. The first-order valence-electron chi connectivity index (χ1n) is 9.23. The van der Waals surface area contributed by atoms with Crippen LogP contribution in [0.4, 0.5) is 0 Å². The fourth-order valence-corrected chi connectivity index (χ4v) is 3.68. The lowest BCUT2D eigenvalue weighted by atomic mass is 10.0. The maximum atomic E-state index is 12.4. The van der Waals surface area contributed by atoms with Crippen molar-refractivity contribution >= 4 is 26.8 Å². The second-order valence-corrected chi connectivity index (χ2v) is 9.09. The third kappa shape index (κ3) is 4.89. The summed E-state index contributed by atoms with van der Waals surface area (Å²) in [5.74, 6) is -0.390. The van der Waals surface area contributed by atoms with Crippen molar-refractivity contribution < 1.29 is 13.2 Å². The molecular formula is C21H24N4O3S. The molecule has 0 aliphatic carbocycles. The first kappa shape index (κ1) is 20.7. The van der Waals surface area contributed by atoms with Crippen LogP contribution in [-0.4, -0.2) is 41.2 Å². The summed E-state index contributed by atoms with van der Waals surface area (Å²) < 4.78 is 24.4. The van der Waals surface area contributed by atoms with Crippen LogP contribution in [0.2, 0.25) is 0 Å². The number of nitrogens with zero attached hydrogens (tertiary/aromatic N) is 3. The molecule has 1 amide bonds. The average Bonchev–Trinajstić information content (AvgIpc) is 3.09. The van der Waals surface area contributed by atoms with Gasteiger partial charge in [0.1, 0.15) is 5.69 Å². The summed E-state index contributed by atoms with van der Waals surface area (Å²) in [7, 11) is -3.24. The molecule has 7 nitrogen and oxygen atoms in total. The summed E-state index contributed by atoms with van der Waals surface area (Å²) in [6, 6.07) is 9.45. The van der Waals surface area contributed by atoms with Crippen LogP contribution in [0.25, 0.3) is 11.0 Å². The van der Waals surface area contributed by atoms with Crippen molar-refractivity contribution in [2.24, 2.45) is 0 Å². The number of benzene rings is 1. The quantitative estimate of drug-likeness (QED) is 0.672. The Morgan fingerprint density at radius 3 is 2.62 bits per heavy atom. The molecule has 0 aliphatic heterocycles. The number of hydrogen-bond acceptors (Lipinski definition) is 5. The lowest BCUT2D eigenvalue weighted by Gasteiger charge is -2.17. The van der Waals surface area contributed by atoms with Crippen molar-refractivity contribution in [1.29, 1.82) is 0 Å². The zero-order valence-electron chi connectivity index (χ0n) is 16.8. The minimum atomic E-state index is -3.24. The van der Waals surface area contributed by atoms with E-state index >= 15 is 0 Å². The molecule has 0 bridgehead atoms. The number of pyridine rings is 1. The van der Waals surface area contributed by atoms with Gasteiger partial charge in [-0.15, -0.1) is 0 Å². The van der Waals surface area contributed by atoms with Crippen LogP contribution >= 0.6 is 0 Å². The number of imidazole rings is 1. The van der Waals surface area contributed by atoms with Crippen molar-refractivity contribution in [3.05, 3.63) is 71.2 Å². The summed E-state index contributed by atoms with van der Waals surface area (Å²) >= 11 is 0. The van der Waals surface area contributed by atoms with Gasteiger partial charge in [-0.05, 0) is 38.0 Å². The van der Waals surface area contributed by atoms with Crippen molar-refractivity contribution in [3.63, 3.8) is 0 Å². The highest BCUT2D eigenvalue weighted by Crippen LogP contribution is 2.25. The van der Waals surface area contributed by atoms with Crippen molar-refractivity contribution in [2.75, 3.05) is 6.26 Å². The van der Waals surface area contributed by atoms with E-state index in [2.05, 4.69) is 41.3 Å². The summed E-state index contributed by atoms with van der Waals surface area (Å²) in [5.41, 5.74) is 4.13. The van der Waals surface area contributed by atoms with E-state index in [1.165, 1.54) is 17.2 Å². The first-order chi connectivity index (χ1) is 13.7. The first-order valence-corrected chi connectivity index (χ1v) is 11.2. The lowest BCUT2D eigenvalue weighted by molar-refractivity contribution is 0.0942. The van der Waals surface area contributed by atoms with E-state index in [-0.39, 0.29) is 17.6 Å². The van der Waals surface area contributed by atoms with Crippen LogP contribution in [0.5, 0.6) is 0 Å². The molecule has 3 aromatic rings. The molecular weight excluding hydrogens is 388 g/mol. The molecule has 3 rings (SSSR count). The second kappa shape index (κ2) is 8.16. The van der Waals surface area contributed by atoms with Gasteiger partial charge >= 0.3 is 0 Å². The highest BCUT2D eigenvalue weighted by Gasteiger charge is 2.16. The monoisotopic (exact) mass is 412 g/mol. The molecule has 29 heavy (non-hydrogen) atoms. The number of carbonyl (C=O) groups is 1. The number of amides is 1. The minimum absolute atomic E-state index is 0.0730. The van der Waals surface area contributed by atoms with Crippen LogP contribution < -0.4 is 5.32 Å². The van der Waals surface area contributed by atoms with Gasteiger partial charge < -0.3 is 9.88 Å². The topological polar surface area (TPSA) is 94.0 Å². The largest absolute Gasteiger partial charge is 0.345 e. The minimum Gasteiger partial charge on any atom is -0.345 e. The predicted molar refractivity (Wildman–Crippen MR) is 113 cm³/mol. The van der Waals surface area contributed by atoms with Crippen molar-refractivity contribution in [1.82, 2.24) is 19.9 Å². The maximum absolute atomic E-state index is 12.4. The number of carbonyl (C=O) groups excluding carboxylic acids is 1. The third-order valence-corrected chi connectivity index (χ3v) is 5.37. The number of nitrogens with one attached hydrogen (secondary N) is 1. The molecule has 0 fully saturated rings. The Kier molecular flexibility index (Phi) is 5.83. The molecule has 8 heteroatoms. The van der Waals surface area contributed by atoms with E-state index in [1.807, 2.05) is 16.7 Å². The van der Waals surface area contributed by atoms with Gasteiger partial charge in [0.25, 0.3) is 5.91 Å². The fraction of sp³-hybridized carbons (Fsp3) is 0.286. The van der Waals surface area contributed by atoms with Crippen molar-refractivity contribution in [3.8, 4) is 0 Å². The number of sulfone groups is 1. The SMILES string of the molecule is Cc1ccccc1[C@H](C)n1cnc2cc(C(=O)N[C@H](C)/C=C/S(C)(=O)=O)ncc21. The van der Waals surface area contributed by atoms with Gasteiger partial charge in [-0.2, -0.15) is 0 Å². The summed E-state index contributed by atoms with van der Waals surface area (Å²) in [6.07, 6.45) is 5.91. The molecule has 0 unspecified atom stereocenters. The normalized spacial score (nSPS) is 14.2. The fourth-order valence-electron chi connectivity index (χ4n) is 3.15. The molecule has 0 aliphatic rings. The number of aryl methyl sites for hydroxylation is 1. The second-order valence-electron chi connectivity index (χ2n) is 7.16. The highest BCUT2D eigenvalue weighted by molar-refractivity contribution is 7.93. The van der Waals surface area contributed by atoms with Gasteiger partial charge in [0.05, 0.1) is 29.6 Å². The number of fused-ring (bicyclic) bond motifs is 1. The van der Waals surface area contributed by atoms with Crippen molar-refractivity contribution in [2.45, 2.75) is 32.9 Å². The highest BCUT2D eigenvalue weighted by atomic mass is 32.2. The molecule has 1 aromatic carbocycles. The van der Waals surface area contributed by atoms with Gasteiger partial charge in [-0.1, -0.05) is 30.3 Å². The number of hydrogen-bond donors (Lipinski definition) is 1. The zero-order chi connectivity index (χ0) is 21.2. The molecule has 0 spiro atoms. The molecule has 0 saturated carbocycles. The molecule has 0 saturated heterocycles. The Balaban J connectivity index is 1.82. The van der Waals surface area contributed by atoms with E-state index in [0.717, 1.165) is 17.2 Å². The Morgan fingerprint density at radius 2 is 1.93 bits per heavy atom. The molecule has 0 radical (unpaired) electrons. The molecule has 2 atom stereocenters. The predicted octanol–water partition coefficient (Wildman–Crippen LogP) is 3.03. The van der Waals surface area contributed by atoms with E-state index in [1.54, 1.807) is 25.5 Å². The van der Waals surface area contributed by atoms with Gasteiger partial charge in [0.15, 0.2) is 9.84 Å². The zero-order valence-corrected chi connectivity index (χ0v) is 17.6. The van der Waals surface area contributed by atoms with E-state index in [4.69, 9.17) is 0 Å². The summed E-state index contributed by atoms with van der Waals surface area (Å²) in [6.45, 7) is 5.86. The van der Waals surface area contributed by atoms with E-state index < -0.39 is 15.9 Å². The summed E-state index contributed by atoms with van der Waals surface area (Å²) in [4.78, 5) is 21.2. The van der Waals surface area contributed by atoms with Gasteiger partial charge in [-0.3, -0.25) is 4.79 Å². The van der Waals surface area contributed by atoms with E-state index in [0.29, 0.717) is 5.52 Å². The number of rotatable bonds is 6. The van der Waals surface area contributed by atoms with Crippen LogP contribution in [0.1, 0.15) is 41.5 Å². The Labute approximate surface area is 170 Å². The molecule has 1 N–H and O–H groups in total. The third-order valence-electron chi connectivity index (χ3n) is 4.72. The van der Waals surface area contributed by atoms with Crippen LogP contribution in [0.15, 0.2) is 54.3 Å². The van der Waals surface area contributed by atoms with Crippen LogP contribution in [0.3, 0.4) is 0 Å². The van der Waals surface area contributed by atoms with Crippen LogP contribution in [0, 0.1) is 6.92 Å². The van der Waals surface area contributed by atoms with Gasteiger partial charge in [-0.25, -0.2) is 18.4 Å². The smallest absolute Gasteiger partial charge is 0.270 e. The standard InChI is InChI=1S/C21H24N4O3S/c1-14-7-5-6-8-17(14)16(3)25-13-23-18-11-19(22-12-20(18)25)21(26)24-15(2)9-10-29(4,27)28/h5-13,15-16H,1-4H3,(H,24,26)/b10-9+/t15-,16+/m1/s1. The molecule has 2 heterocycles. The van der Waals surface area contributed by atoms with E-state index in [9.17, 15) is 13.2 Å². The Bertz CT molecular complexity index is 1180. The maximum Gasteiger partial charge on any atom is 0.270 e. The van der Waals surface area contributed by atoms with Gasteiger partial charge in [0.2, 0.25) is 0 Å². The average molecular weight is 413 g/mol. The molecule has 2 aromatic heterocycles. The van der Waals surface area contributed by atoms with Crippen LogP contribution in [-0.2, 0) is 9.84 Å². The van der Waals surface area contributed by atoms with Gasteiger partial charge in [0, 0.05) is 17.7 Å². The molecule has 152 valence electrons.